The van der Waals surface area contributed by atoms with Gasteiger partial charge in [-0.2, -0.15) is 0 Å². The molecule has 0 spiro atoms. The van der Waals surface area contributed by atoms with Crippen molar-refractivity contribution in [3.05, 3.63) is 95.6 Å². The van der Waals surface area contributed by atoms with Gasteiger partial charge in [0.1, 0.15) is 0 Å². The van der Waals surface area contributed by atoms with E-state index in [1.165, 1.54) is 131 Å². The summed E-state index contributed by atoms with van der Waals surface area (Å²) < 4.78 is 0. The van der Waals surface area contributed by atoms with E-state index in [-0.39, 0.29) is 0 Å². The van der Waals surface area contributed by atoms with Crippen LogP contribution < -0.4 is 0 Å². The molecule has 2 fully saturated rings. The molecule has 2 aromatic carbocycles. The van der Waals surface area contributed by atoms with Crippen LogP contribution in [-0.2, 0) is 25.7 Å². The standard InChI is InChI=1S/C25H36N2.C24H34N2/c1-3-5-6-7-21-8-10-22(11-9-21)12-13-23-18-26-25(27-19-23)24-16-14-20(4-2)15-17-24;1-3-5-6-20-7-9-21(10-8-20)11-12-22-17-25-24(26-18-22)23-15-13-19(4-2)14-16-23/h14-19,21-22H,3-13H2,1-2H3;13-18,20-21H,3-12H2,1-2H3. The van der Waals surface area contributed by atoms with Gasteiger partial charge < -0.3 is 0 Å². The van der Waals surface area contributed by atoms with Crippen LogP contribution in [0.2, 0.25) is 0 Å². The molecule has 0 aliphatic heterocycles. The first-order chi connectivity index (χ1) is 26.1. The van der Waals surface area contributed by atoms with E-state index < -0.39 is 0 Å². The summed E-state index contributed by atoms with van der Waals surface area (Å²) in [6.45, 7) is 8.96. The van der Waals surface area contributed by atoms with Gasteiger partial charge in [-0.25, -0.2) is 19.9 Å². The van der Waals surface area contributed by atoms with Gasteiger partial charge in [0.2, 0.25) is 0 Å². The second kappa shape index (κ2) is 22.7. The summed E-state index contributed by atoms with van der Waals surface area (Å²) in [5, 5.41) is 0. The monoisotopic (exact) mass is 715 g/mol. The highest BCUT2D eigenvalue weighted by Gasteiger charge is 2.22. The van der Waals surface area contributed by atoms with Crippen molar-refractivity contribution >= 4 is 0 Å². The first-order valence-corrected chi connectivity index (χ1v) is 21.9. The highest BCUT2D eigenvalue weighted by molar-refractivity contribution is 5.55. The fourth-order valence-corrected chi connectivity index (χ4v) is 8.58. The third-order valence-corrected chi connectivity index (χ3v) is 12.4. The fourth-order valence-electron chi connectivity index (χ4n) is 8.58. The number of hydrogen-bond donors (Lipinski definition) is 0. The lowest BCUT2D eigenvalue weighted by molar-refractivity contribution is 0.249. The zero-order chi connectivity index (χ0) is 37.1. The molecule has 4 aromatic rings. The smallest absolute Gasteiger partial charge is 0.159 e. The maximum absolute atomic E-state index is 4.61. The first kappa shape index (κ1) is 40.8. The van der Waals surface area contributed by atoms with E-state index in [0.717, 1.165) is 72.1 Å². The maximum Gasteiger partial charge on any atom is 0.159 e. The minimum Gasteiger partial charge on any atom is -0.236 e. The molecule has 2 heterocycles. The van der Waals surface area contributed by atoms with Gasteiger partial charge in [-0.15, -0.1) is 0 Å². The third kappa shape index (κ3) is 13.8. The molecule has 2 saturated carbocycles. The maximum atomic E-state index is 4.61. The van der Waals surface area contributed by atoms with Crippen molar-refractivity contribution in [3.63, 3.8) is 0 Å². The topological polar surface area (TPSA) is 51.6 Å². The Morgan fingerprint density at radius 3 is 1.08 bits per heavy atom. The number of hydrogen-bond acceptors (Lipinski definition) is 4. The Balaban J connectivity index is 0.000000204. The second-order valence-electron chi connectivity index (χ2n) is 16.4. The van der Waals surface area contributed by atoms with Crippen LogP contribution in [0.15, 0.2) is 73.3 Å². The number of rotatable bonds is 17. The molecule has 2 aromatic heterocycles. The van der Waals surface area contributed by atoms with Crippen LogP contribution >= 0.6 is 0 Å². The molecule has 286 valence electrons. The molecule has 4 heteroatoms. The molecule has 0 bridgehead atoms. The summed E-state index contributed by atoms with van der Waals surface area (Å²) in [4.78, 5) is 18.4. The molecule has 0 saturated heterocycles. The SMILES string of the molecule is CCCCC1CCC(CCc2cnc(-c3ccc(CC)cc3)nc2)CC1.CCCCCC1CCC(CCc2cnc(-c3ccc(CC)cc3)nc2)CC1. The van der Waals surface area contributed by atoms with Gasteiger partial charge in [-0.05, 0) is 84.5 Å². The van der Waals surface area contributed by atoms with Crippen molar-refractivity contribution < 1.29 is 0 Å². The van der Waals surface area contributed by atoms with Crippen LogP contribution in [0, 0.1) is 23.7 Å². The lowest BCUT2D eigenvalue weighted by Crippen LogP contribution is -2.15. The minimum atomic E-state index is 0.841. The largest absolute Gasteiger partial charge is 0.236 e. The zero-order valence-electron chi connectivity index (χ0n) is 33.9. The van der Waals surface area contributed by atoms with Gasteiger partial charge in [0, 0.05) is 35.9 Å². The molecule has 0 unspecified atom stereocenters. The average Bonchev–Trinajstić information content (AvgIpc) is 3.23. The molecule has 53 heavy (non-hydrogen) atoms. The predicted octanol–water partition coefficient (Wildman–Crippen LogP) is 13.7. The molecule has 0 atom stereocenters. The van der Waals surface area contributed by atoms with Crippen molar-refractivity contribution in [2.75, 3.05) is 0 Å². The number of aryl methyl sites for hydroxylation is 4. The number of nitrogens with zero attached hydrogens (tertiary/aromatic N) is 4. The summed E-state index contributed by atoms with van der Waals surface area (Å²) in [5.41, 5.74) is 7.51. The highest BCUT2D eigenvalue weighted by Crippen LogP contribution is 2.35. The van der Waals surface area contributed by atoms with E-state index in [4.69, 9.17) is 0 Å². The predicted molar refractivity (Wildman–Crippen MR) is 225 cm³/mol. The zero-order valence-corrected chi connectivity index (χ0v) is 33.9. The first-order valence-electron chi connectivity index (χ1n) is 21.9. The average molecular weight is 715 g/mol. The lowest BCUT2D eigenvalue weighted by Gasteiger charge is -2.28. The van der Waals surface area contributed by atoms with Crippen molar-refractivity contribution in [2.45, 2.75) is 163 Å². The van der Waals surface area contributed by atoms with Crippen LogP contribution in [0.25, 0.3) is 22.8 Å². The summed E-state index contributed by atoms with van der Waals surface area (Å²) in [5.74, 6) is 5.52. The Morgan fingerprint density at radius 2 is 0.736 bits per heavy atom. The van der Waals surface area contributed by atoms with Gasteiger partial charge >= 0.3 is 0 Å². The van der Waals surface area contributed by atoms with Gasteiger partial charge in [-0.1, -0.05) is 173 Å². The normalized spacial score (nSPS) is 20.1. The van der Waals surface area contributed by atoms with Crippen molar-refractivity contribution in [1.29, 1.82) is 0 Å². The van der Waals surface area contributed by atoms with E-state index in [2.05, 4.69) is 96.2 Å². The van der Waals surface area contributed by atoms with Gasteiger partial charge in [-0.3, -0.25) is 0 Å². The van der Waals surface area contributed by atoms with Crippen molar-refractivity contribution in [3.8, 4) is 22.8 Å². The lowest BCUT2D eigenvalue weighted by atomic mass is 9.78. The molecular formula is C49H70N4. The Hall–Kier alpha value is -3.40. The summed E-state index contributed by atoms with van der Waals surface area (Å²) in [6.07, 6.45) is 36.5. The Morgan fingerprint density at radius 1 is 0.396 bits per heavy atom. The molecule has 0 N–H and O–H groups in total. The number of aromatic nitrogens is 4. The van der Waals surface area contributed by atoms with Gasteiger partial charge in [0.25, 0.3) is 0 Å². The van der Waals surface area contributed by atoms with Gasteiger partial charge in [0.15, 0.2) is 11.6 Å². The summed E-state index contributed by atoms with van der Waals surface area (Å²) in [7, 11) is 0. The van der Waals surface area contributed by atoms with Crippen LogP contribution in [0.3, 0.4) is 0 Å². The van der Waals surface area contributed by atoms with E-state index in [1.54, 1.807) is 0 Å². The Labute approximate surface area is 323 Å². The molecule has 0 amide bonds. The van der Waals surface area contributed by atoms with Crippen molar-refractivity contribution in [1.82, 2.24) is 19.9 Å². The molecule has 4 nitrogen and oxygen atoms in total. The van der Waals surface area contributed by atoms with Crippen LogP contribution in [0.5, 0.6) is 0 Å². The highest BCUT2D eigenvalue weighted by atomic mass is 14.9. The van der Waals surface area contributed by atoms with Gasteiger partial charge in [0.05, 0.1) is 0 Å². The fraction of sp³-hybridized carbons (Fsp3) is 0.592. The van der Waals surface area contributed by atoms with E-state index in [1.807, 2.05) is 24.8 Å². The van der Waals surface area contributed by atoms with E-state index >= 15 is 0 Å². The second-order valence-corrected chi connectivity index (χ2v) is 16.4. The van der Waals surface area contributed by atoms with E-state index in [0.29, 0.717) is 0 Å². The molecule has 2 aliphatic carbocycles. The molecular weight excluding hydrogens is 645 g/mol. The summed E-state index contributed by atoms with van der Waals surface area (Å²) in [6, 6.07) is 17.2. The molecule has 0 radical (unpaired) electrons. The van der Waals surface area contributed by atoms with Crippen molar-refractivity contribution in [2.24, 2.45) is 23.7 Å². The quantitative estimate of drug-likeness (QED) is 0.102. The molecule has 6 rings (SSSR count). The van der Waals surface area contributed by atoms with Crippen LogP contribution in [0.1, 0.15) is 159 Å². The van der Waals surface area contributed by atoms with Crippen LogP contribution in [0.4, 0.5) is 0 Å². The minimum absolute atomic E-state index is 0.841. The number of benzene rings is 2. The molecule has 2 aliphatic rings. The third-order valence-electron chi connectivity index (χ3n) is 12.4. The van der Waals surface area contributed by atoms with Crippen LogP contribution in [-0.4, -0.2) is 19.9 Å². The Bertz CT molecular complexity index is 1530. The Kier molecular flexibility index (Phi) is 17.5. The number of unbranched alkanes of at least 4 members (excludes halogenated alkanes) is 3. The summed E-state index contributed by atoms with van der Waals surface area (Å²) >= 11 is 0. The van der Waals surface area contributed by atoms with E-state index in [9.17, 15) is 0 Å².